The summed E-state index contributed by atoms with van der Waals surface area (Å²) in [6.07, 6.45) is 3.26. The minimum absolute atomic E-state index is 0.0281. The van der Waals surface area contributed by atoms with Gasteiger partial charge < -0.3 is 11.1 Å². The fourth-order valence-corrected chi connectivity index (χ4v) is 2.36. The van der Waals surface area contributed by atoms with Crippen LogP contribution in [-0.4, -0.2) is 18.0 Å². The lowest BCUT2D eigenvalue weighted by molar-refractivity contribution is -0.124. The van der Waals surface area contributed by atoms with Crippen LogP contribution in [0.2, 0.25) is 0 Å². The number of hydrogen-bond donors (Lipinski definition) is 2. The molecule has 0 aliphatic heterocycles. The Labute approximate surface area is 99.2 Å². The van der Waals surface area contributed by atoms with E-state index in [1.807, 2.05) is 6.92 Å². The monoisotopic (exact) mass is 226 g/mol. The first-order valence-corrected chi connectivity index (χ1v) is 6.53. The lowest BCUT2D eigenvalue weighted by Gasteiger charge is -2.24. The molecular formula is C13H26N2O. The molecule has 1 aliphatic carbocycles. The maximum absolute atomic E-state index is 11.9. The molecule has 0 aromatic rings. The molecule has 5 atom stereocenters. The second-order valence-corrected chi connectivity index (χ2v) is 5.44. The van der Waals surface area contributed by atoms with Crippen LogP contribution in [0.15, 0.2) is 0 Å². The van der Waals surface area contributed by atoms with Gasteiger partial charge in [-0.05, 0) is 30.6 Å². The molecule has 0 aromatic heterocycles. The van der Waals surface area contributed by atoms with Crippen LogP contribution in [0.5, 0.6) is 0 Å². The van der Waals surface area contributed by atoms with Crippen molar-refractivity contribution < 1.29 is 4.79 Å². The molecule has 1 amide bonds. The molecule has 94 valence electrons. The first kappa shape index (κ1) is 13.5. The van der Waals surface area contributed by atoms with Gasteiger partial charge in [0.2, 0.25) is 5.91 Å². The second-order valence-electron chi connectivity index (χ2n) is 5.44. The smallest absolute Gasteiger partial charge is 0.237 e. The van der Waals surface area contributed by atoms with Crippen molar-refractivity contribution in [1.29, 1.82) is 0 Å². The highest BCUT2D eigenvalue weighted by molar-refractivity contribution is 5.82. The number of nitrogens with one attached hydrogen (secondary N) is 1. The molecule has 1 saturated carbocycles. The van der Waals surface area contributed by atoms with Crippen molar-refractivity contribution in [1.82, 2.24) is 5.32 Å². The van der Waals surface area contributed by atoms with E-state index in [2.05, 4.69) is 26.1 Å². The zero-order valence-corrected chi connectivity index (χ0v) is 11.0. The van der Waals surface area contributed by atoms with Gasteiger partial charge >= 0.3 is 0 Å². The maximum Gasteiger partial charge on any atom is 0.237 e. The number of rotatable bonds is 4. The van der Waals surface area contributed by atoms with Crippen molar-refractivity contribution in [2.75, 3.05) is 0 Å². The van der Waals surface area contributed by atoms with Crippen LogP contribution in [-0.2, 0) is 4.79 Å². The third kappa shape index (κ3) is 2.97. The summed E-state index contributed by atoms with van der Waals surface area (Å²) in [7, 11) is 0. The minimum atomic E-state index is -0.354. The molecule has 3 N–H and O–H groups in total. The number of amides is 1. The molecule has 3 nitrogen and oxygen atoms in total. The van der Waals surface area contributed by atoms with E-state index in [0.717, 1.165) is 12.8 Å². The highest BCUT2D eigenvalue weighted by Gasteiger charge is 2.32. The Morgan fingerprint density at radius 1 is 1.44 bits per heavy atom. The summed E-state index contributed by atoms with van der Waals surface area (Å²) < 4.78 is 0. The van der Waals surface area contributed by atoms with E-state index in [0.29, 0.717) is 17.9 Å². The Balaban J connectivity index is 2.45. The van der Waals surface area contributed by atoms with E-state index in [9.17, 15) is 4.79 Å². The maximum atomic E-state index is 11.9. The Hall–Kier alpha value is -0.570. The van der Waals surface area contributed by atoms with Gasteiger partial charge in [-0.2, -0.15) is 0 Å². The summed E-state index contributed by atoms with van der Waals surface area (Å²) >= 11 is 0. The van der Waals surface area contributed by atoms with Crippen LogP contribution in [0.3, 0.4) is 0 Å². The number of carbonyl (C=O) groups is 1. The SMILES string of the molecule is CC[C@H](C)[C@H](N)C(=O)NC1CCC(C)C1C. The number of carbonyl (C=O) groups excluding carboxylic acids is 1. The van der Waals surface area contributed by atoms with Crippen LogP contribution in [0.4, 0.5) is 0 Å². The third-order valence-corrected chi connectivity index (χ3v) is 4.35. The van der Waals surface area contributed by atoms with Gasteiger partial charge in [-0.3, -0.25) is 4.79 Å². The quantitative estimate of drug-likeness (QED) is 0.769. The average molecular weight is 226 g/mol. The summed E-state index contributed by atoms with van der Waals surface area (Å²) in [4.78, 5) is 11.9. The van der Waals surface area contributed by atoms with E-state index in [1.165, 1.54) is 6.42 Å². The zero-order chi connectivity index (χ0) is 12.3. The predicted octanol–water partition coefficient (Wildman–Crippen LogP) is 1.91. The predicted molar refractivity (Wildman–Crippen MR) is 66.9 cm³/mol. The summed E-state index contributed by atoms with van der Waals surface area (Å²) in [6, 6.07) is -0.0225. The van der Waals surface area contributed by atoms with Crippen LogP contribution in [0.25, 0.3) is 0 Å². The summed E-state index contributed by atoms with van der Waals surface area (Å²) in [5, 5.41) is 3.11. The fourth-order valence-electron chi connectivity index (χ4n) is 2.36. The Bertz CT molecular complexity index is 242. The van der Waals surface area contributed by atoms with Crippen LogP contribution in [0.1, 0.15) is 47.0 Å². The normalized spacial score (nSPS) is 33.4. The van der Waals surface area contributed by atoms with Crippen molar-refractivity contribution in [3.8, 4) is 0 Å². The molecular weight excluding hydrogens is 200 g/mol. The van der Waals surface area contributed by atoms with E-state index in [4.69, 9.17) is 5.73 Å². The van der Waals surface area contributed by atoms with Crippen molar-refractivity contribution in [2.45, 2.75) is 59.0 Å². The Morgan fingerprint density at radius 3 is 2.50 bits per heavy atom. The molecule has 1 rings (SSSR count). The number of nitrogens with two attached hydrogens (primary N) is 1. The Kier molecular flexibility index (Phi) is 4.78. The van der Waals surface area contributed by atoms with Crippen molar-refractivity contribution in [2.24, 2.45) is 23.5 Å². The fraction of sp³-hybridized carbons (Fsp3) is 0.923. The molecule has 0 radical (unpaired) electrons. The standard InChI is InChI=1S/C13H26N2O/c1-5-8(2)12(14)13(16)15-11-7-6-9(3)10(11)4/h8-12H,5-7,14H2,1-4H3,(H,15,16)/t8-,9?,10?,11?,12-/m0/s1. The molecule has 16 heavy (non-hydrogen) atoms. The van der Waals surface area contributed by atoms with E-state index in [1.54, 1.807) is 0 Å². The first-order valence-electron chi connectivity index (χ1n) is 6.53. The van der Waals surface area contributed by atoms with Crippen molar-refractivity contribution in [3.63, 3.8) is 0 Å². The molecule has 0 bridgehead atoms. The number of hydrogen-bond acceptors (Lipinski definition) is 2. The van der Waals surface area contributed by atoms with Crippen LogP contribution in [0, 0.1) is 17.8 Å². The Morgan fingerprint density at radius 2 is 2.06 bits per heavy atom. The van der Waals surface area contributed by atoms with Gasteiger partial charge in [0.05, 0.1) is 6.04 Å². The third-order valence-electron chi connectivity index (χ3n) is 4.35. The molecule has 1 aliphatic rings. The molecule has 3 unspecified atom stereocenters. The molecule has 3 heteroatoms. The van der Waals surface area contributed by atoms with Crippen LogP contribution < -0.4 is 11.1 Å². The summed E-state index contributed by atoms with van der Waals surface area (Å²) in [5.74, 6) is 1.58. The molecule has 0 saturated heterocycles. The lowest BCUT2D eigenvalue weighted by Crippen LogP contribution is -2.49. The topological polar surface area (TPSA) is 55.1 Å². The highest BCUT2D eigenvalue weighted by Crippen LogP contribution is 2.31. The van der Waals surface area contributed by atoms with Crippen molar-refractivity contribution in [3.05, 3.63) is 0 Å². The van der Waals surface area contributed by atoms with Gasteiger partial charge in [0, 0.05) is 6.04 Å². The molecule has 0 heterocycles. The molecule has 0 spiro atoms. The van der Waals surface area contributed by atoms with E-state index >= 15 is 0 Å². The van der Waals surface area contributed by atoms with E-state index in [-0.39, 0.29) is 17.9 Å². The van der Waals surface area contributed by atoms with Gasteiger partial charge in [0.1, 0.15) is 0 Å². The van der Waals surface area contributed by atoms with Gasteiger partial charge in [-0.15, -0.1) is 0 Å². The molecule has 1 fully saturated rings. The molecule has 0 aromatic carbocycles. The van der Waals surface area contributed by atoms with E-state index < -0.39 is 0 Å². The van der Waals surface area contributed by atoms with Gasteiger partial charge in [0.25, 0.3) is 0 Å². The largest absolute Gasteiger partial charge is 0.352 e. The van der Waals surface area contributed by atoms with Crippen molar-refractivity contribution >= 4 is 5.91 Å². The van der Waals surface area contributed by atoms with Gasteiger partial charge in [0.15, 0.2) is 0 Å². The van der Waals surface area contributed by atoms with Crippen LogP contribution >= 0.6 is 0 Å². The lowest BCUT2D eigenvalue weighted by atomic mass is 9.96. The van der Waals surface area contributed by atoms with Gasteiger partial charge in [-0.25, -0.2) is 0 Å². The zero-order valence-electron chi connectivity index (χ0n) is 11.0. The summed E-state index contributed by atoms with van der Waals surface area (Å²) in [5.41, 5.74) is 5.92. The average Bonchev–Trinajstić information content (AvgIpc) is 2.58. The van der Waals surface area contributed by atoms with Gasteiger partial charge in [-0.1, -0.05) is 34.1 Å². The minimum Gasteiger partial charge on any atom is -0.352 e. The first-order chi connectivity index (χ1) is 7.47. The summed E-state index contributed by atoms with van der Waals surface area (Å²) in [6.45, 7) is 8.58. The highest BCUT2D eigenvalue weighted by atomic mass is 16.2. The second kappa shape index (κ2) is 5.67.